The van der Waals surface area contributed by atoms with Crippen LogP contribution in [0.4, 0.5) is 5.69 Å². The lowest BCUT2D eigenvalue weighted by atomic mass is 10.1. The van der Waals surface area contributed by atoms with Gasteiger partial charge in [0.1, 0.15) is 5.75 Å². The second kappa shape index (κ2) is 11.3. The number of nitrogens with zero attached hydrogens (tertiary/aromatic N) is 1. The van der Waals surface area contributed by atoms with Crippen LogP contribution in [0, 0.1) is 6.92 Å². The van der Waals surface area contributed by atoms with E-state index in [0.29, 0.717) is 36.7 Å². The molecule has 1 heterocycles. The molecule has 1 saturated heterocycles. The van der Waals surface area contributed by atoms with Crippen molar-refractivity contribution < 1.29 is 27.5 Å². The molecule has 0 spiro atoms. The minimum absolute atomic E-state index is 0.175. The van der Waals surface area contributed by atoms with Crippen molar-refractivity contribution in [2.24, 2.45) is 0 Å². The molecule has 0 radical (unpaired) electrons. The second-order valence-corrected chi connectivity index (χ2v) is 9.85. The zero-order valence-electron chi connectivity index (χ0n) is 19.0. The molecule has 178 valence electrons. The van der Waals surface area contributed by atoms with E-state index in [1.807, 2.05) is 0 Å². The second-order valence-electron chi connectivity index (χ2n) is 7.91. The van der Waals surface area contributed by atoms with Crippen molar-refractivity contribution in [3.63, 3.8) is 0 Å². The van der Waals surface area contributed by atoms with Crippen LogP contribution in [-0.4, -0.2) is 50.9 Å². The minimum Gasteiger partial charge on any atom is -0.483 e. The molecule has 0 saturated carbocycles. The van der Waals surface area contributed by atoms with Crippen molar-refractivity contribution in [1.29, 1.82) is 0 Å². The highest BCUT2D eigenvalue weighted by atomic mass is 32.2. The molecule has 9 heteroatoms. The number of hydrogen-bond donors (Lipinski definition) is 1. The fraction of sp³-hybridized carbons (Fsp3) is 0.417. The number of piperidine rings is 1. The summed E-state index contributed by atoms with van der Waals surface area (Å²) < 4.78 is 37.7. The standard InChI is InChI=1S/C24H30N2O6S/c1-3-31-24(28)16-19-7-9-20(10-8-19)25-23(27)17-32-22-12-11-21(15-18(22)2)33(29,30)26-13-5-4-6-14-26/h7-12,15H,3-6,13-14,16-17H2,1-2H3,(H,25,27). The number of carbonyl (C=O) groups is 2. The Morgan fingerprint density at radius 2 is 1.73 bits per heavy atom. The molecule has 1 aliphatic rings. The maximum atomic E-state index is 12.8. The monoisotopic (exact) mass is 474 g/mol. The van der Waals surface area contributed by atoms with Crippen LogP contribution < -0.4 is 10.1 Å². The lowest BCUT2D eigenvalue weighted by molar-refractivity contribution is -0.142. The fourth-order valence-corrected chi connectivity index (χ4v) is 5.23. The van der Waals surface area contributed by atoms with E-state index in [1.165, 1.54) is 10.4 Å². The van der Waals surface area contributed by atoms with Crippen LogP contribution in [0.3, 0.4) is 0 Å². The lowest BCUT2D eigenvalue weighted by Crippen LogP contribution is -2.35. The van der Waals surface area contributed by atoms with Gasteiger partial charge in [-0.15, -0.1) is 0 Å². The number of benzene rings is 2. The number of anilines is 1. The van der Waals surface area contributed by atoms with Crippen molar-refractivity contribution in [2.75, 3.05) is 31.6 Å². The molecule has 0 atom stereocenters. The topological polar surface area (TPSA) is 102 Å². The third kappa shape index (κ3) is 6.79. The normalized spacial score (nSPS) is 14.5. The van der Waals surface area contributed by atoms with E-state index >= 15 is 0 Å². The molecule has 0 bridgehead atoms. The van der Waals surface area contributed by atoms with Crippen molar-refractivity contribution in [2.45, 2.75) is 44.4 Å². The SMILES string of the molecule is CCOC(=O)Cc1ccc(NC(=O)COc2ccc(S(=O)(=O)N3CCCCC3)cc2C)cc1. The Hall–Kier alpha value is -2.91. The highest BCUT2D eigenvalue weighted by molar-refractivity contribution is 7.89. The molecule has 0 unspecified atom stereocenters. The molecule has 2 aromatic rings. The van der Waals surface area contributed by atoms with Gasteiger partial charge in [0.15, 0.2) is 6.61 Å². The molecule has 1 fully saturated rings. The average molecular weight is 475 g/mol. The zero-order valence-corrected chi connectivity index (χ0v) is 19.8. The van der Waals surface area contributed by atoms with Crippen LogP contribution in [0.25, 0.3) is 0 Å². The molecule has 8 nitrogen and oxygen atoms in total. The molecule has 1 aliphatic heterocycles. The largest absolute Gasteiger partial charge is 0.483 e. The molecule has 0 aromatic heterocycles. The van der Waals surface area contributed by atoms with Gasteiger partial charge in [0.05, 0.1) is 17.9 Å². The van der Waals surface area contributed by atoms with Gasteiger partial charge in [-0.05, 0) is 68.1 Å². The van der Waals surface area contributed by atoms with Crippen LogP contribution in [0.1, 0.15) is 37.3 Å². The van der Waals surface area contributed by atoms with Crippen LogP contribution in [0.15, 0.2) is 47.4 Å². The molecular weight excluding hydrogens is 444 g/mol. The summed E-state index contributed by atoms with van der Waals surface area (Å²) in [7, 11) is -3.52. The Morgan fingerprint density at radius 1 is 1.03 bits per heavy atom. The van der Waals surface area contributed by atoms with Gasteiger partial charge in [-0.2, -0.15) is 4.31 Å². The molecule has 3 rings (SSSR count). The van der Waals surface area contributed by atoms with Crippen LogP contribution >= 0.6 is 0 Å². The first-order valence-corrected chi connectivity index (χ1v) is 12.5. The molecule has 1 amide bonds. The van der Waals surface area contributed by atoms with E-state index in [2.05, 4.69) is 5.32 Å². The van der Waals surface area contributed by atoms with Gasteiger partial charge < -0.3 is 14.8 Å². The number of amides is 1. The number of rotatable bonds is 9. The summed E-state index contributed by atoms with van der Waals surface area (Å²) in [5.74, 6) is -0.196. The highest BCUT2D eigenvalue weighted by Crippen LogP contribution is 2.26. The maximum Gasteiger partial charge on any atom is 0.310 e. The number of ether oxygens (including phenoxy) is 2. The highest BCUT2D eigenvalue weighted by Gasteiger charge is 2.26. The van der Waals surface area contributed by atoms with Gasteiger partial charge in [-0.25, -0.2) is 8.42 Å². The Kier molecular flexibility index (Phi) is 8.46. The van der Waals surface area contributed by atoms with Gasteiger partial charge in [0, 0.05) is 18.8 Å². The maximum absolute atomic E-state index is 12.8. The number of carbonyl (C=O) groups excluding carboxylic acids is 2. The van der Waals surface area contributed by atoms with Gasteiger partial charge >= 0.3 is 5.97 Å². The summed E-state index contributed by atoms with van der Waals surface area (Å²) in [6, 6.07) is 11.6. The summed E-state index contributed by atoms with van der Waals surface area (Å²) in [6.45, 7) is 4.72. The Bertz CT molecular complexity index is 1080. The Balaban J connectivity index is 1.54. The van der Waals surface area contributed by atoms with Crippen molar-refractivity contribution in [3.8, 4) is 5.75 Å². The first kappa shape index (κ1) is 24.7. The first-order chi connectivity index (χ1) is 15.8. The van der Waals surface area contributed by atoms with Crippen LogP contribution in [0.5, 0.6) is 5.75 Å². The number of esters is 1. The predicted molar refractivity (Wildman–Crippen MR) is 125 cm³/mol. The molecule has 0 aliphatic carbocycles. The van der Waals surface area contributed by atoms with E-state index in [9.17, 15) is 18.0 Å². The quantitative estimate of drug-likeness (QED) is 0.560. The third-order valence-corrected chi connectivity index (χ3v) is 7.24. The number of aryl methyl sites for hydroxylation is 1. The molecule has 33 heavy (non-hydrogen) atoms. The van der Waals surface area contributed by atoms with E-state index in [4.69, 9.17) is 9.47 Å². The van der Waals surface area contributed by atoms with Gasteiger partial charge in [-0.3, -0.25) is 9.59 Å². The fourth-order valence-electron chi connectivity index (χ4n) is 3.62. The summed E-state index contributed by atoms with van der Waals surface area (Å²) in [4.78, 5) is 24.0. The Labute approximate surface area is 194 Å². The number of hydrogen-bond acceptors (Lipinski definition) is 6. The Morgan fingerprint density at radius 3 is 2.36 bits per heavy atom. The zero-order chi connectivity index (χ0) is 23.8. The van der Waals surface area contributed by atoms with E-state index < -0.39 is 10.0 Å². The van der Waals surface area contributed by atoms with E-state index in [-0.39, 0.29) is 29.8 Å². The molecule has 1 N–H and O–H groups in total. The predicted octanol–water partition coefficient (Wildman–Crippen LogP) is 3.29. The van der Waals surface area contributed by atoms with Crippen molar-refractivity contribution in [1.82, 2.24) is 4.31 Å². The lowest BCUT2D eigenvalue weighted by Gasteiger charge is -2.26. The number of nitrogens with one attached hydrogen (secondary N) is 1. The molecule has 2 aromatic carbocycles. The van der Waals surface area contributed by atoms with Crippen LogP contribution in [-0.2, 0) is 30.8 Å². The van der Waals surface area contributed by atoms with Gasteiger partial charge in [0.2, 0.25) is 10.0 Å². The van der Waals surface area contributed by atoms with Crippen molar-refractivity contribution in [3.05, 3.63) is 53.6 Å². The third-order valence-electron chi connectivity index (χ3n) is 5.35. The number of sulfonamides is 1. The van der Waals surface area contributed by atoms with E-state index in [1.54, 1.807) is 50.2 Å². The smallest absolute Gasteiger partial charge is 0.310 e. The first-order valence-electron chi connectivity index (χ1n) is 11.1. The summed E-state index contributed by atoms with van der Waals surface area (Å²) in [5.41, 5.74) is 2.01. The van der Waals surface area contributed by atoms with Crippen LogP contribution in [0.2, 0.25) is 0 Å². The average Bonchev–Trinajstić information content (AvgIpc) is 2.80. The summed E-state index contributed by atoms with van der Waals surface area (Å²) in [6.07, 6.45) is 2.98. The summed E-state index contributed by atoms with van der Waals surface area (Å²) >= 11 is 0. The van der Waals surface area contributed by atoms with Gasteiger partial charge in [0.25, 0.3) is 5.91 Å². The molecular formula is C24H30N2O6S. The van der Waals surface area contributed by atoms with Crippen molar-refractivity contribution >= 4 is 27.6 Å². The van der Waals surface area contributed by atoms with E-state index in [0.717, 1.165) is 24.8 Å². The summed E-state index contributed by atoms with van der Waals surface area (Å²) in [5, 5.41) is 2.73. The van der Waals surface area contributed by atoms with Gasteiger partial charge in [-0.1, -0.05) is 18.6 Å². The minimum atomic E-state index is -3.52.